The summed E-state index contributed by atoms with van der Waals surface area (Å²) in [5.74, 6) is 1.13. The van der Waals surface area contributed by atoms with Crippen LogP contribution in [0.1, 0.15) is 5.69 Å². The lowest BCUT2D eigenvalue weighted by atomic mass is 10.3. The fraction of sp³-hybridized carbons (Fsp3) is 0.182. The predicted octanol–water partition coefficient (Wildman–Crippen LogP) is 2.72. The van der Waals surface area contributed by atoms with Crippen molar-refractivity contribution in [2.75, 3.05) is 12.8 Å². The Kier molecular flexibility index (Phi) is 3.04. The highest BCUT2D eigenvalue weighted by molar-refractivity contribution is 5.59. The Balaban J connectivity index is 2.20. The molecule has 1 aromatic carbocycles. The quantitative estimate of drug-likeness (QED) is 0.796. The third-order valence-corrected chi connectivity index (χ3v) is 2.28. The number of aryl methyl sites for hydroxylation is 1. The summed E-state index contributed by atoms with van der Waals surface area (Å²) >= 11 is 0. The second-order valence-corrected chi connectivity index (χ2v) is 3.48. The van der Waals surface area contributed by atoms with Gasteiger partial charge in [0.15, 0.2) is 5.82 Å². The van der Waals surface area contributed by atoms with Crippen LogP contribution in [0.4, 0.5) is 17.2 Å². The van der Waals surface area contributed by atoms with Crippen LogP contribution in [0.5, 0.6) is 5.75 Å². The number of nitrogens with one attached hydrogen (secondary N) is 1. The second kappa shape index (κ2) is 4.65. The zero-order chi connectivity index (χ0) is 12.3. The third kappa shape index (κ3) is 2.41. The molecule has 0 fully saturated rings. The predicted molar refractivity (Wildman–Crippen MR) is 64.9 cm³/mol. The molecule has 3 N–H and O–H groups in total. The molecule has 0 saturated carbocycles. The summed E-state index contributed by atoms with van der Waals surface area (Å²) in [6.07, 6.45) is 0. The first-order chi connectivity index (χ1) is 8.20. The molecule has 2 rings (SSSR count). The summed E-state index contributed by atoms with van der Waals surface area (Å²) in [6, 6.07) is 7.27. The summed E-state index contributed by atoms with van der Waals surface area (Å²) in [7, 11) is 1.62. The average molecular weight is 231 g/mol. The number of methoxy groups -OCH3 is 1. The molecule has 0 aliphatic rings. The number of aromatic amines is 1. The van der Waals surface area contributed by atoms with Crippen LogP contribution >= 0.6 is 0 Å². The molecule has 0 spiro atoms. The van der Waals surface area contributed by atoms with Gasteiger partial charge in [-0.1, -0.05) is 0 Å². The number of ether oxygens (including phenoxy) is 1. The van der Waals surface area contributed by atoms with E-state index >= 15 is 0 Å². The van der Waals surface area contributed by atoms with E-state index in [4.69, 9.17) is 10.5 Å². The van der Waals surface area contributed by atoms with Crippen LogP contribution in [0.2, 0.25) is 0 Å². The number of nitrogen functional groups attached to an aromatic ring is 1. The van der Waals surface area contributed by atoms with E-state index in [2.05, 4.69) is 20.4 Å². The first-order valence-corrected chi connectivity index (χ1v) is 5.07. The Morgan fingerprint density at radius 3 is 2.47 bits per heavy atom. The van der Waals surface area contributed by atoms with E-state index in [1.165, 1.54) is 0 Å². The highest BCUT2D eigenvalue weighted by atomic mass is 16.5. The topological polar surface area (TPSA) is 88.7 Å². The minimum Gasteiger partial charge on any atom is -0.497 e. The van der Waals surface area contributed by atoms with Gasteiger partial charge in [-0.05, 0) is 31.2 Å². The van der Waals surface area contributed by atoms with E-state index in [1.54, 1.807) is 7.11 Å². The van der Waals surface area contributed by atoms with Crippen molar-refractivity contribution in [1.29, 1.82) is 0 Å². The van der Waals surface area contributed by atoms with Gasteiger partial charge in [0.05, 0.1) is 18.5 Å². The van der Waals surface area contributed by atoms with Gasteiger partial charge in [-0.25, -0.2) is 0 Å². The van der Waals surface area contributed by atoms with Crippen LogP contribution in [0.3, 0.4) is 0 Å². The molecule has 6 nitrogen and oxygen atoms in total. The Labute approximate surface area is 98.5 Å². The van der Waals surface area contributed by atoms with Gasteiger partial charge >= 0.3 is 0 Å². The van der Waals surface area contributed by atoms with E-state index in [0.29, 0.717) is 11.5 Å². The molecule has 0 aliphatic heterocycles. The summed E-state index contributed by atoms with van der Waals surface area (Å²) in [6.45, 7) is 1.84. The number of H-pyrrole nitrogens is 1. The van der Waals surface area contributed by atoms with Crippen molar-refractivity contribution < 1.29 is 4.74 Å². The zero-order valence-electron chi connectivity index (χ0n) is 9.64. The van der Waals surface area contributed by atoms with Crippen molar-refractivity contribution in [3.63, 3.8) is 0 Å². The van der Waals surface area contributed by atoms with E-state index in [9.17, 15) is 0 Å². The highest BCUT2D eigenvalue weighted by Crippen LogP contribution is 2.26. The van der Waals surface area contributed by atoms with Gasteiger partial charge in [-0.15, -0.1) is 5.11 Å². The molecule has 0 bridgehead atoms. The molecule has 0 saturated heterocycles. The number of benzene rings is 1. The Bertz CT molecular complexity index is 510. The van der Waals surface area contributed by atoms with Crippen LogP contribution in [0.15, 0.2) is 34.5 Å². The maximum absolute atomic E-state index is 5.64. The molecule has 1 heterocycles. The molecule has 17 heavy (non-hydrogen) atoms. The Hall–Kier alpha value is -2.37. The van der Waals surface area contributed by atoms with Gasteiger partial charge in [-0.3, -0.25) is 5.10 Å². The molecule has 6 heteroatoms. The number of hydrogen-bond acceptors (Lipinski definition) is 5. The fourth-order valence-electron chi connectivity index (χ4n) is 1.32. The largest absolute Gasteiger partial charge is 0.497 e. The molecule has 0 unspecified atom stereocenters. The monoisotopic (exact) mass is 231 g/mol. The molecule has 2 aromatic rings. The highest BCUT2D eigenvalue weighted by Gasteiger charge is 2.05. The number of aromatic nitrogens is 2. The van der Waals surface area contributed by atoms with Gasteiger partial charge in [0, 0.05) is 0 Å². The van der Waals surface area contributed by atoms with Crippen molar-refractivity contribution in [1.82, 2.24) is 10.2 Å². The number of anilines is 1. The van der Waals surface area contributed by atoms with Gasteiger partial charge in [0.1, 0.15) is 11.4 Å². The van der Waals surface area contributed by atoms with E-state index < -0.39 is 0 Å². The third-order valence-electron chi connectivity index (χ3n) is 2.28. The molecule has 0 amide bonds. The van der Waals surface area contributed by atoms with Gasteiger partial charge in [0.2, 0.25) is 0 Å². The second-order valence-electron chi connectivity index (χ2n) is 3.48. The van der Waals surface area contributed by atoms with Crippen LogP contribution in [-0.4, -0.2) is 17.3 Å². The van der Waals surface area contributed by atoms with Crippen LogP contribution in [0, 0.1) is 6.92 Å². The van der Waals surface area contributed by atoms with Gasteiger partial charge < -0.3 is 10.5 Å². The number of nitrogens with zero attached hydrogens (tertiary/aromatic N) is 3. The Morgan fingerprint density at radius 2 is 1.94 bits per heavy atom. The minimum absolute atomic E-state index is 0.347. The smallest absolute Gasteiger partial charge is 0.173 e. The maximum Gasteiger partial charge on any atom is 0.173 e. The van der Waals surface area contributed by atoms with Crippen LogP contribution in [-0.2, 0) is 0 Å². The summed E-state index contributed by atoms with van der Waals surface area (Å²) in [5, 5.41) is 14.7. The average Bonchev–Trinajstić information content (AvgIpc) is 2.67. The summed E-state index contributed by atoms with van der Waals surface area (Å²) < 4.78 is 5.05. The van der Waals surface area contributed by atoms with Gasteiger partial charge in [0.25, 0.3) is 0 Å². The first-order valence-electron chi connectivity index (χ1n) is 5.07. The normalized spacial score (nSPS) is 10.9. The number of azo groups is 1. The lowest BCUT2D eigenvalue weighted by molar-refractivity contribution is 0.415. The van der Waals surface area contributed by atoms with E-state index in [1.807, 2.05) is 31.2 Å². The maximum atomic E-state index is 5.64. The number of rotatable bonds is 3. The van der Waals surface area contributed by atoms with E-state index in [0.717, 1.165) is 17.1 Å². The first kappa shape index (κ1) is 11.1. The molecule has 0 atom stereocenters. The lowest BCUT2D eigenvalue weighted by Crippen LogP contribution is -1.83. The standard InChI is InChI=1S/C11H13N5O/c1-7-10(11(12)16-13-7)15-14-8-3-5-9(17-2)6-4-8/h3-6H,1-2H3,(H3,12,13,16). The molecule has 0 radical (unpaired) electrons. The molecule has 1 aromatic heterocycles. The lowest BCUT2D eigenvalue weighted by Gasteiger charge is -1.98. The molecular weight excluding hydrogens is 218 g/mol. The summed E-state index contributed by atoms with van der Waals surface area (Å²) in [4.78, 5) is 0. The molecular formula is C11H13N5O. The van der Waals surface area contributed by atoms with Crippen molar-refractivity contribution in [2.24, 2.45) is 10.2 Å². The van der Waals surface area contributed by atoms with E-state index in [-0.39, 0.29) is 0 Å². The van der Waals surface area contributed by atoms with Crippen molar-refractivity contribution in [3.8, 4) is 5.75 Å². The van der Waals surface area contributed by atoms with Gasteiger partial charge in [-0.2, -0.15) is 10.2 Å². The van der Waals surface area contributed by atoms with Crippen molar-refractivity contribution in [3.05, 3.63) is 30.0 Å². The van der Waals surface area contributed by atoms with Crippen LogP contribution < -0.4 is 10.5 Å². The van der Waals surface area contributed by atoms with Crippen molar-refractivity contribution in [2.45, 2.75) is 6.92 Å². The molecule has 88 valence electrons. The number of nitrogens with two attached hydrogens (primary N) is 1. The fourth-order valence-corrected chi connectivity index (χ4v) is 1.32. The van der Waals surface area contributed by atoms with Crippen molar-refractivity contribution >= 4 is 17.2 Å². The minimum atomic E-state index is 0.347. The Morgan fingerprint density at radius 1 is 1.24 bits per heavy atom. The SMILES string of the molecule is COc1ccc(N=Nc2c(N)n[nH]c2C)cc1. The molecule has 0 aliphatic carbocycles. The van der Waals surface area contributed by atoms with Crippen LogP contribution in [0.25, 0.3) is 0 Å². The zero-order valence-corrected chi connectivity index (χ0v) is 9.64. The summed E-state index contributed by atoms with van der Waals surface area (Å²) in [5.41, 5.74) is 7.72. The number of hydrogen-bond donors (Lipinski definition) is 2.